The first-order chi connectivity index (χ1) is 9.24. The minimum absolute atomic E-state index is 0.553. The minimum atomic E-state index is 0.553. The average Bonchev–Trinajstić information content (AvgIpc) is 2.93. The minimum Gasteiger partial charge on any atom is -0.383 e. The lowest BCUT2D eigenvalue weighted by molar-refractivity contribution is 0.881. The van der Waals surface area contributed by atoms with Gasteiger partial charge in [-0.15, -0.1) is 0 Å². The molecule has 0 saturated heterocycles. The first kappa shape index (κ1) is 11.5. The Balaban J connectivity index is 2.08. The van der Waals surface area contributed by atoms with Crippen LogP contribution >= 0.6 is 0 Å². The Labute approximate surface area is 111 Å². The maximum Gasteiger partial charge on any atom is 0.131 e. The van der Waals surface area contributed by atoms with Gasteiger partial charge in [0.15, 0.2) is 0 Å². The van der Waals surface area contributed by atoms with Crippen molar-refractivity contribution in [1.29, 1.82) is 0 Å². The number of nitrogen functional groups attached to an aromatic ring is 1. The number of hydrogen-bond acceptors (Lipinski definition) is 3. The molecule has 2 N–H and O–H groups in total. The molecule has 94 valence electrons. The van der Waals surface area contributed by atoms with Crippen LogP contribution in [0, 0.1) is 6.92 Å². The van der Waals surface area contributed by atoms with Crippen molar-refractivity contribution in [2.75, 3.05) is 5.73 Å². The molecule has 19 heavy (non-hydrogen) atoms. The third-order valence-electron chi connectivity index (χ3n) is 2.99. The molecule has 0 amide bonds. The van der Waals surface area contributed by atoms with Crippen molar-refractivity contribution in [2.24, 2.45) is 0 Å². The molecule has 0 saturated carbocycles. The van der Waals surface area contributed by atoms with E-state index in [1.807, 2.05) is 54.2 Å². The van der Waals surface area contributed by atoms with Crippen LogP contribution in [-0.2, 0) is 0 Å². The van der Waals surface area contributed by atoms with Crippen molar-refractivity contribution in [2.45, 2.75) is 6.92 Å². The van der Waals surface area contributed by atoms with Crippen LogP contribution in [0.4, 0.5) is 5.82 Å². The molecular weight excluding hydrogens is 236 g/mol. The molecule has 0 spiro atoms. The van der Waals surface area contributed by atoms with Gasteiger partial charge in [-0.2, -0.15) is 5.10 Å². The second kappa shape index (κ2) is 4.57. The standard InChI is InChI=1S/C15H14N4/c1-11-6-7-14(15(16)18-11)12-4-2-5-13(10-12)19-9-3-8-17-19/h2-10H,1H3,(H2,16,18). The summed E-state index contributed by atoms with van der Waals surface area (Å²) in [5.41, 5.74) is 9.90. The number of aryl methyl sites for hydroxylation is 1. The Bertz CT molecular complexity index is 702. The third-order valence-corrected chi connectivity index (χ3v) is 2.99. The van der Waals surface area contributed by atoms with Gasteiger partial charge in [-0.05, 0) is 42.8 Å². The first-order valence-corrected chi connectivity index (χ1v) is 6.07. The Hall–Kier alpha value is -2.62. The van der Waals surface area contributed by atoms with E-state index in [9.17, 15) is 0 Å². The predicted octanol–water partition coefficient (Wildman–Crippen LogP) is 2.82. The van der Waals surface area contributed by atoms with Crippen molar-refractivity contribution in [3.8, 4) is 16.8 Å². The van der Waals surface area contributed by atoms with Crippen molar-refractivity contribution in [3.05, 3.63) is 60.6 Å². The quantitative estimate of drug-likeness (QED) is 0.760. The fraction of sp³-hybridized carbons (Fsp3) is 0.0667. The summed E-state index contributed by atoms with van der Waals surface area (Å²) < 4.78 is 1.82. The average molecular weight is 250 g/mol. The smallest absolute Gasteiger partial charge is 0.131 e. The molecule has 3 aromatic rings. The van der Waals surface area contributed by atoms with Crippen LogP contribution in [0.2, 0.25) is 0 Å². The molecule has 0 aliphatic carbocycles. The van der Waals surface area contributed by atoms with Gasteiger partial charge in [0.25, 0.3) is 0 Å². The molecule has 0 atom stereocenters. The van der Waals surface area contributed by atoms with Gasteiger partial charge in [-0.25, -0.2) is 9.67 Å². The van der Waals surface area contributed by atoms with Crippen LogP contribution in [-0.4, -0.2) is 14.8 Å². The number of pyridine rings is 1. The Morgan fingerprint density at radius 3 is 2.74 bits per heavy atom. The van der Waals surface area contributed by atoms with Crippen molar-refractivity contribution in [1.82, 2.24) is 14.8 Å². The molecule has 2 heterocycles. The van der Waals surface area contributed by atoms with Crippen LogP contribution in [0.5, 0.6) is 0 Å². The number of hydrogen-bond donors (Lipinski definition) is 1. The normalized spacial score (nSPS) is 10.6. The van der Waals surface area contributed by atoms with Crippen molar-refractivity contribution >= 4 is 5.82 Å². The fourth-order valence-corrected chi connectivity index (χ4v) is 2.06. The summed E-state index contributed by atoms with van der Waals surface area (Å²) in [6.45, 7) is 1.93. The van der Waals surface area contributed by atoms with Crippen LogP contribution in [0.25, 0.3) is 16.8 Å². The third kappa shape index (κ3) is 2.20. The van der Waals surface area contributed by atoms with Gasteiger partial charge >= 0.3 is 0 Å². The van der Waals surface area contributed by atoms with E-state index in [-0.39, 0.29) is 0 Å². The van der Waals surface area contributed by atoms with E-state index in [4.69, 9.17) is 5.73 Å². The van der Waals surface area contributed by atoms with Gasteiger partial charge in [-0.1, -0.05) is 12.1 Å². The Kier molecular flexibility index (Phi) is 2.76. The van der Waals surface area contributed by atoms with E-state index in [0.29, 0.717) is 5.82 Å². The van der Waals surface area contributed by atoms with Crippen LogP contribution < -0.4 is 5.73 Å². The second-order valence-electron chi connectivity index (χ2n) is 4.39. The monoisotopic (exact) mass is 250 g/mol. The molecule has 0 radical (unpaired) electrons. The molecule has 0 unspecified atom stereocenters. The SMILES string of the molecule is Cc1ccc(-c2cccc(-n3cccn3)c2)c(N)n1. The Morgan fingerprint density at radius 2 is 2.00 bits per heavy atom. The maximum atomic E-state index is 5.99. The molecular formula is C15H14N4. The van der Waals surface area contributed by atoms with E-state index >= 15 is 0 Å². The van der Waals surface area contributed by atoms with Crippen LogP contribution in [0.15, 0.2) is 54.9 Å². The van der Waals surface area contributed by atoms with E-state index in [1.165, 1.54) is 0 Å². The lowest BCUT2D eigenvalue weighted by Gasteiger charge is -2.08. The zero-order chi connectivity index (χ0) is 13.2. The highest BCUT2D eigenvalue weighted by Crippen LogP contribution is 2.26. The number of nitrogens with zero attached hydrogens (tertiary/aromatic N) is 3. The highest BCUT2D eigenvalue weighted by Gasteiger charge is 2.05. The number of nitrogens with two attached hydrogens (primary N) is 1. The second-order valence-corrected chi connectivity index (χ2v) is 4.39. The van der Waals surface area contributed by atoms with Gasteiger partial charge in [0, 0.05) is 23.7 Å². The van der Waals surface area contributed by atoms with E-state index in [2.05, 4.69) is 16.1 Å². The number of rotatable bonds is 2. The zero-order valence-corrected chi connectivity index (χ0v) is 10.6. The summed E-state index contributed by atoms with van der Waals surface area (Å²) in [7, 11) is 0. The Morgan fingerprint density at radius 1 is 1.11 bits per heavy atom. The summed E-state index contributed by atoms with van der Waals surface area (Å²) in [5, 5.41) is 4.23. The van der Waals surface area contributed by atoms with Gasteiger partial charge < -0.3 is 5.73 Å². The molecule has 0 fully saturated rings. The highest BCUT2D eigenvalue weighted by atomic mass is 15.3. The lowest BCUT2D eigenvalue weighted by Crippen LogP contribution is -1.97. The molecule has 4 nitrogen and oxygen atoms in total. The summed E-state index contributed by atoms with van der Waals surface area (Å²) in [6.07, 6.45) is 3.67. The largest absolute Gasteiger partial charge is 0.383 e. The fourth-order valence-electron chi connectivity index (χ4n) is 2.06. The van der Waals surface area contributed by atoms with Crippen molar-refractivity contribution in [3.63, 3.8) is 0 Å². The maximum absolute atomic E-state index is 5.99. The number of anilines is 1. The summed E-state index contributed by atoms with van der Waals surface area (Å²) in [5.74, 6) is 0.553. The first-order valence-electron chi connectivity index (χ1n) is 6.07. The van der Waals surface area contributed by atoms with E-state index in [0.717, 1.165) is 22.5 Å². The van der Waals surface area contributed by atoms with E-state index in [1.54, 1.807) is 6.20 Å². The molecule has 4 heteroatoms. The highest BCUT2D eigenvalue weighted by molar-refractivity contribution is 5.75. The van der Waals surface area contributed by atoms with Crippen LogP contribution in [0.1, 0.15) is 5.69 Å². The molecule has 0 bridgehead atoms. The van der Waals surface area contributed by atoms with Gasteiger partial charge in [0.2, 0.25) is 0 Å². The number of benzene rings is 1. The van der Waals surface area contributed by atoms with E-state index < -0.39 is 0 Å². The van der Waals surface area contributed by atoms with Crippen molar-refractivity contribution < 1.29 is 0 Å². The van der Waals surface area contributed by atoms with Crippen LogP contribution in [0.3, 0.4) is 0 Å². The summed E-state index contributed by atoms with van der Waals surface area (Å²) >= 11 is 0. The van der Waals surface area contributed by atoms with Gasteiger partial charge in [0.1, 0.15) is 5.82 Å². The topological polar surface area (TPSA) is 56.7 Å². The molecule has 3 rings (SSSR count). The predicted molar refractivity (Wildman–Crippen MR) is 75.9 cm³/mol. The molecule has 0 aliphatic rings. The molecule has 2 aromatic heterocycles. The summed E-state index contributed by atoms with van der Waals surface area (Å²) in [4.78, 5) is 4.30. The molecule has 1 aromatic carbocycles. The van der Waals surface area contributed by atoms with Gasteiger partial charge in [0.05, 0.1) is 5.69 Å². The summed E-state index contributed by atoms with van der Waals surface area (Å²) in [6, 6.07) is 13.9. The molecule has 0 aliphatic heterocycles. The zero-order valence-electron chi connectivity index (χ0n) is 10.6. The lowest BCUT2D eigenvalue weighted by atomic mass is 10.1. The number of aromatic nitrogens is 3. The van der Waals surface area contributed by atoms with Gasteiger partial charge in [-0.3, -0.25) is 0 Å².